The third kappa shape index (κ3) is 3.66. The summed E-state index contributed by atoms with van der Waals surface area (Å²) in [7, 11) is 1.29. The molecule has 0 aliphatic heterocycles. The summed E-state index contributed by atoms with van der Waals surface area (Å²) in [6.45, 7) is 2.64. The molecule has 0 spiro atoms. The van der Waals surface area contributed by atoms with Crippen molar-refractivity contribution in [1.29, 1.82) is 0 Å². The van der Waals surface area contributed by atoms with E-state index in [1.54, 1.807) is 6.07 Å². The van der Waals surface area contributed by atoms with Gasteiger partial charge in [-0.15, -0.1) is 0 Å². The van der Waals surface area contributed by atoms with Crippen LogP contribution < -0.4 is 5.32 Å². The van der Waals surface area contributed by atoms with Gasteiger partial charge in [0.1, 0.15) is 5.82 Å². The second-order valence-corrected chi connectivity index (χ2v) is 5.52. The molecule has 1 aromatic rings. The summed E-state index contributed by atoms with van der Waals surface area (Å²) in [5.41, 5.74) is -0.692. The van der Waals surface area contributed by atoms with Crippen LogP contribution in [0.25, 0.3) is 0 Å². The van der Waals surface area contributed by atoms with E-state index in [0.717, 1.165) is 25.7 Å². The van der Waals surface area contributed by atoms with Crippen LogP contribution in [0.1, 0.15) is 43.2 Å². The molecule has 2 N–H and O–H groups in total. The lowest BCUT2D eigenvalue weighted by atomic mass is 9.79. The lowest BCUT2D eigenvalue weighted by Gasteiger charge is -2.35. The molecule has 0 amide bonds. The Kier molecular flexibility index (Phi) is 4.54. The van der Waals surface area contributed by atoms with Crippen LogP contribution in [0.2, 0.25) is 0 Å². The van der Waals surface area contributed by atoms with E-state index in [0.29, 0.717) is 18.3 Å². The lowest BCUT2D eigenvalue weighted by Crippen LogP contribution is -2.40. The van der Waals surface area contributed by atoms with Crippen LogP contribution in [0.4, 0.5) is 5.82 Å². The van der Waals surface area contributed by atoms with Crippen molar-refractivity contribution in [3.05, 3.63) is 18.1 Å². The Labute approximate surface area is 118 Å². The fourth-order valence-corrected chi connectivity index (χ4v) is 2.38. The zero-order valence-electron chi connectivity index (χ0n) is 11.9. The minimum absolute atomic E-state index is 0.0155. The maximum atomic E-state index is 11.3. The number of hydrogen-bond donors (Lipinski definition) is 2. The zero-order valence-corrected chi connectivity index (χ0v) is 11.9. The number of nitrogens with zero attached hydrogens (tertiary/aromatic N) is 2. The van der Waals surface area contributed by atoms with Gasteiger partial charge >= 0.3 is 5.97 Å². The maximum absolute atomic E-state index is 11.3. The zero-order chi connectivity index (χ0) is 14.6. The van der Waals surface area contributed by atoms with Crippen LogP contribution >= 0.6 is 0 Å². The summed E-state index contributed by atoms with van der Waals surface area (Å²) in [4.78, 5) is 19.3. The molecule has 0 unspecified atom stereocenters. The number of carbonyl (C=O) groups is 1. The van der Waals surface area contributed by atoms with E-state index in [9.17, 15) is 9.90 Å². The number of ether oxygens (including phenoxy) is 1. The highest BCUT2D eigenvalue weighted by Gasteiger charge is 2.31. The van der Waals surface area contributed by atoms with Gasteiger partial charge in [0.25, 0.3) is 0 Å². The standard InChI is InChI=1S/C14H21N3O3/c1-10-3-6-14(19,7-4-10)9-16-11-5-8-15-12(17-11)13(18)20-2/h5,8,10,19H,3-4,6-7,9H2,1-2H3,(H,15,16,17). The van der Waals surface area contributed by atoms with Crippen LogP contribution in [0.3, 0.4) is 0 Å². The Balaban J connectivity index is 1.95. The van der Waals surface area contributed by atoms with Crippen molar-refractivity contribution >= 4 is 11.8 Å². The first-order valence-corrected chi connectivity index (χ1v) is 6.90. The molecule has 0 radical (unpaired) electrons. The Morgan fingerprint density at radius 1 is 1.55 bits per heavy atom. The molecule has 6 heteroatoms. The number of anilines is 1. The highest BCUT2D eigenvalue weighted by molar-refractivity contribution is 5.85. The Hall–Kier alpha value is -1.69. The number of methoxy groups -OCH3 is 1. The molecule has 1 heterocycles. The smallest absolute Gasteiger partial charge is 0.376 e. The number of carbonyl (C=O) groups excluding carboxylic acids is 1. The number of hydrogen-bond acceptors (Lipinski definition) is 6. The Morgan fingerprint density at radius 3 is 2.90 bits per heavy atom. The molecule has 1 fully saturated rings. The second kappa shape index (κ2) is 6.17. The molecule has 0 aromatic carbocycles. The van der Waals surface area contributed by atoms with Gasteiger partial charge in [-0.3, -0.25) is 0 Å². The molecule has 0 saturated heterocycles. The summed E-state index contributed by atoms with van der Waals surface area (Å²) in [6, 6.07) is 1.67. The predicted molar refractivity (Wildman–Crippen MR) is 74.4 cm³/mol. The molecule has 110 valence electrons. The first kappa shape index (κ1) is 14.7. The average molecular weight is 279 g/mol. The van der Waals surface area contributed by atoms with Crippen LogP contribution in [-0.4, -0.2) is 40.3 Å². The Morgan fingerprint density at radius 2 is 2.25 bits per heavy atom. The van der Waals surface area contributed by atoms with Gasteiger partial charge in [-0.25, -0.2) is 14.8 Å². The minimum Gasteiger partial charge on any atom is -0.463 e. The molecule has 1 saturated carbocycles. The van der Waals surface area contributed by atoms with Crippen LogP contribution in [0.15, 0.2) is 12.3 Å². The van der Waals surface area contributed by atoms with Crippen LogP contribution in [0.5, 0.6) is 0 Å². The van der Waals surface area contributed by atoms with Gasteiger partial charge in [0.2, 0.25) is 5.82 Å². The fraction of sp³-hybridized carbons (Fsp3) is 0.643. The summed E-state index contributed by atoms with van der Waals surface area (Å²) >= 11 is 0. The van der Waals surface area contributed by atoms with E-state index in [1.807, 2.05) is 0 Å². The maximum Gasteiger partial charge on any atom is 0.376 e. The quantitative estimate of drug-likeness (QED) is 0.815. The number of aromatic nitrogens is 2. The van der Waals surface area contributed by atoms with Gasteiger partial charge in [0, 0.05) is 12.7 Å². The molecule has 0 bridgehead atoms. The van der Waals surface area contributed by atoms with Crippen molar-refractivity contribution in [2.45, 2.75) is 38.2 Å². The number of aliphatic hydroxyl groups is 1. The van der Waals surface area contributed by atoms with E-state index in [1.165, 1.54) is 13.3 Å². The number of rotatable bonds is 4. The van der Waals surface area contributed by atoms with Crippen molar-refractivity contribution in [3.8, 4) is 0 Å². The third-order valence-corrected chi connectivity index (χ3v) is 3.83. The largest absolute Gasteiger partial charge is 0.463 e. The molecule has 1 aromatic heterocycles. The molecule has 2 rings (SSSR count). The van der Waals surface area contributed by atoms with Crippen molar-refractivity contribution in [1.82, 2.24) is 9.97 Å². The average Bonchev–Trinajstić information content (AvgIpc) is 2.48. The topological polar surface area (TPSA) is 84.3 Å². The molecular formula is C14H21N3O3. The first-order chi connectivity index (χ1) is 9.52. The van der Waals surface area contributed by atoms with Crippen LogP contribution in [0, 0.1) is 5.92 Å². The van der Waals surface area contributed by atoms with Gasteiger partial charge in [-0.05, 0) is 37.7 Å². The Bertz CT molecular complexity index is 470. The van der Waals surface area contributed by atoms with Gasteiger partial charge < -0.3 is 15.2 Å². The van der Waals surface area contributed by atoms with Gasteiger partial charge in [-0.1, -0.05) is 6.92 Å². The predicted octanol–water partition coefficient (Wildman–Crippen LogP) is 1.62. The summed E-state index contributed by atoms with van der Waals surface area (Å²) in [5.74, 6) is 0.647. The molecule has 6 nitrogen and oxygen atoms in total. The van der Waals surface area contributed by atoms with E-state index in [4.69, 9.17) is 0 Å². The van der Waals surface area contributed by atoms with Crippen molar-refractivity contribution in [2.75, 3.05) is 19.0 Å². The van der Waals surface area contributed by atoms with E-state index >= 15 is 0 Å². The minimum atomic E-state index is -0.692. The molecule has 0 atom stereocenters. The number of nitrogens with one attached hydrogen (secondary N) is 1. The van der Waals surface area contributed by atoms with E-state index in [2.05, 4.69) is 26.9 Å². The van der Waals surface area contributed by atoms with Gasteiger partial charge in [0.15, 0.2) is 0 Å². The normalized spacial score (nSPS) is 26.1. The van der Waals surface area contributed by atoms with Crippen molar-refractivity contribution in [2.24, 2.45) is 5.92 Å². The summed E-state index contributed by atoms with van der Waals surface area (Å²) in [5, 5.41) is 13.6. The fourth-order valence-electron chi connectivity index (χ4n) is 2.38. The molecular weight excluding hydrogens is 258 g/mol. The third-order valence-electron chi connectivity index (χ3n) is 3.83. The van der Waals surface area contributed by atoms with E-state index < -0.39 is 11.6 Å². The van der Waals surface area contributed by atoms with Crippen molar-refractivity contribution < 1.29 is 14.6 Å². The van der Waals surface area contributed by atoms with Gasteiger partial charge in [0.05, 0.1) is 12.7 Å². The molecule has 1 aliphatic carbocycles. The second-order valence-electron chi connectivity index (χ2n) is 5.52. The summed E-state index contributed by atoms with van der Waals surface area (Å²) < 4.78 is 4.58. The molecule has 1 aliphatic rings. The number of esters is 1. The highest BCUT2D eigenvalue weighted by atomic mass is 16.5. The highest BCUT2D eigenvalue weighted by Crippen LogP contribution is 2.31. The monoisotopic (exact) mass is 279 g/mol. The summed E-state index contributed by atoms with van der Waals surface area (Å²) in [6.07, 6.45) is 5.14. The molecule has 20 heavy (non-hydrogen) atoms. The van der Waals surface area contributed by atoms with Crippen LogP contribution in [-0.2, 0) is 4.74 Å². The lowest BCUT2D eigenvalue weighted by molar-refractivity contribution is 0.00494. The van der Waals surface area contributed by atoms with E-state index in [-0.39, 0.29) is 5.82 Å². The first-order valence-electron chi connectivity index (χ1n) is 6.90. The SMILES string of the molecule is COC(=O)c1nccc(NCC2(O)CCC(C)CC2)n1. The van der Waals surface area contributed by atoms with Crippen molar-refractivity contribution in [3.63, 3.8) is 0 Å². The van der Waals surface area contributed by atoms with Gasteiger partial charge in [-0.2, -0.15) is 0 Å².